The maximum atomic E-state index is 11.7. The molecule has 0 radical (unpaired) electrons. The highest BCUT2D eigenvalue weighted by molar-refractivity contribution is 7.91. The van der Waals surface area contributed by atoms with Crippen LogP contribution in [0.4, 0.5) is 0 Å². The molecule has 2 aliphatic heterocycles. The fraction of sp³-hybridized carbons (Fsp3) is 0.600. The average molecular weight is 310 g/mol. The highest BCUT2D eigenvalue weighted by atomic mass is 32.2. The standard InChI is InChI=1S/C15H22N2O3S/c18-21(19)10-6-16-14(12-21)5-7-17-8-9-20-15-4-2-1-3-13(15)11-17/h1-4,14,16H,5-12H2. The Hall–Kier alpha value is -1.11. The summed E-state index contributed by atoms with van der Waals surface area (Å²) in [6.45, 7) is 3.92. The summed E-state index contributed by atoms with van der Waals surface area (Å²) in [6.07, 6.45) is 0.862. The van der Waals surface area contributed by atoms with Gasteiger partial charge in [0.05, 0.1) is 11.5 Å². The number of hydrogen-bond acceptors (Lipinski definition) is 5. The molecule has 0 aromatic heterocycles. The lowest BCUT2D eigenvalue weighted by molar-refractivity contribution is 0.217. The minimum absolute atomic E-state index is 0.0863. The van der Waals surface area contributed by atoms with Gasteiger partial charge in [-0.1, -0.05) is 18.2 Å². The summed E-state index contributed by atoms with van der Waals surface area (Å²) in [4.78, 5) is 2.34. The zero-order valence-corrected chi connectivity index (χ0v) is 12.9. The zero-order valence-electron chi connectivity index (χ0n) is 12.1. The van der Waals surface area contributed by atoms with Crippen molar-refractivity contribution in [1.82, 2.24) is 10.2 Å². The molecule has 1 aromatic rings. The first kappa shape index (κ1) is 14.8. The second kappa shape index (κ2) is 6.34. The van der Waals surface area contributed by atoms with Crippen LogP contribution in [0.5, 0.6) is 5.75 Å². The molecule has 0 amide bonds. The van der Waals surface area contributed by atoms with Gasteiger partial charge in [0.1, 0.15) is 12.4 Å². The number of hydrogen-bond donors (Lipinski definition) is 1. The van der Waals surface area contributed by atoms with Crippen LogP contribution in [0.25, 0.3) is 0 Å². The van der Waals surface area contributed by atoms with E-state index < -0.39 is 9.84 Å². The van der Waals surface area contributed by atoms with Crippen molar-refractivity contribution in [2.45, 2.75) is 19.0 Å². The predicted octanol–water partition coefficient (Wildman–Crippen LogP) is 0.658. The SMILES string of the molecule is O=S1(=O)CCNC(CCN2CCOc3ccccc3C2)C1. The van der Waals surface area contributed by atoms with Gasteiger partial charge in [0, 0.05) is 37.8 Å². The molecule has 5 nitrogen and oxygen atoms in total. The molecule has 1 saturated heterocycles. The Morgan fingerprint density at radius 1 is 1.33 bits per heavy atom. The predicted molar refractivity (Wildman–Crippen MR) is 82.3 cm³/mol. The van der Waals surface area contributed by atoms with Crippen LogP contribution in [-0.4, -0.2) is 57.1 Å². The van der Waals surface area contributed by atoms with Crippen LogP contribution in [0.3, 0.4) is 0 Å². The van der Waals surface area contributed by atoms with E-state index in [0.717, 1.165) is 31.8 Å². The molecule has 1 fully saturated rings. The lowest BCUT2D eigenvalue weighted by Gasteiger charge is -2.26. The van der Waals surface area contributed by atoms with E-state index >= 15 is 0 Å². The Bertz CT molecular complexity index is 588. The van der Waals surface area contributed by atoms with Crippen molar-refractivity contribution in [2.24, 2.45) is 0 Å². The average Bonchev–Trinajstić information content (AvgIpc) is 2.66. The summed E-state index contributed by atoms with van der Waals surface area (Å²) >= 11 is 0. The van der Waals surface area contributed by atoms with Gasteiger partial charge in [-0.3, -0.25) is 4.90 Å². The maximum Gasteiger partial charge on any atom is 0.153 e. The molecular weight excluding hydrogens is 288 g/mol. The first-order valence-electron chi connectivity index (χ1n) is 7.49. The Morgan fingerprint density at radius 3 is 3.05 bits per heavy atom. The fourth-order valence-electron chi connectivity index (χ4n) is 2.96. The Balaban J connectivity index is 1.56. The van der Waals surface area contributed by atoms with Crippen LogP contribution < -0.4 is 10.1 Å². The number of ether oxygens (including phenoxy) is 1. The van der Waals surface area contributed by atoms with E-state index in [1.807, 2.05) is 18.2 Å². The Kier molecular flexibility index (Phi) is 4.47. The number of nitrogens with one attached hydrogen (secondary N) is 1. The molecule has 2 aliphatic rings. The third kappa shape index (κ3) is 3.96. The molecule has 0 saturated carbocycles. The molecule has 1 aromatic carbocycles. The number of para-hydroxylation sites is 1. The second-order valence-corrected chi connectivity index (χ2v) is 8.02. The van der Waals surface area contributed by atoms with E-state index in [0.29, 0.717) is 13.2 Å². The molecule has 6 heteroatoms. The number of fused-ring (bicyclic) bond motifs is 1. The van der Waals surface area contributed by atoms with Gasteiger partial charge in [0.2, 0.25) is 0 Å². The minimum atomic E-state index is -2.85. The van der Waals surface area contributed by atoms with Crippen LogP contribution in [-0.2, 0) is 16.4 Å². The molecule has 0 bridgehead atoms. The summed E-state index contributed by atoms with van der Waals surface area (Å²) in [5.41, 5.74) is 1.21. The maximum absolute atomic E-state index is 11.7. The van der Waals surface area contributed by atoms with E-state index in [2.05, 4.69) is 16.3 Å². The smallest absolute Gasteiger partial charge is 0.153 e. The van der Waals surface area contributed by atoms with Gasteiger partial charge in [-0.15, -0.1) is 0 Å². The molecule has 1 unspecified atom stereocenters. The summed E-state index contributed by atoms with van der Waals surface area (Å²) in [7, 11) is -2.85. The summed E-state index contributed by atoms with van der Waals surface area (Å²) < 4.78 is 29.1. The Morgan fingerprint density at radius 2 is 2.19 bits per heavy atom. The number of sulfone groups is 1. The van der Waals surface area contributed by atoms with Gasteiger partial charge in [-0.05, 0) is 12.5 Å². The van der Waals surface area contributed by atoms with E-state index in [9.17, 15) is 8.42 Å². The zero-order chi connectivity index (χ0) is 14.7. The van der Waals surface area contributed by atoms with Crippen molar-refractivity contribution in [2.75, 3.05) is 37.7 Å². The van der Waals surface area contributed by atoms with Gasteiger partial charge < -0.3 is 10.1 Å². The fourth-order valence-corrected chi connectivity index (χ4v) is 4.46. The lowest BCUT2D eigenvalue weighted by Crippen LogP contribution is -2.46. The molecule has 0 aliphatic carbocycles. The molecule has 2 heterocycles. The highest BCUT2D eigenvalue weighted by Gasteiger charge is 2.25. The molecule has 116 valence electrons. The highest BCUT2D eigenvalue weighted by Crippen LogP contribution is 2.22. The van der Waals surface area contributed by atoms with Gasteiger partial charge in [0.25, 0.3) is 0 Å². The van der Waals surface area contributed by atoms with Crippen LogP contribution in [0.2, 0.25) is 0 Å². The molecule has 0 spiro atoms. The third-order valence-electron chi connectivity index (χ3n) is 4.13. The largest absolute Gasteiger partial charge is 0.492 e. The van der Waals surface area contributed by atoms with E-state index in [1.165, 1.54) is 5.56 Å². The second-order valence-electron chi connectivity index (χ2n) is 5.79. The summed E-state index contributed by atoms with van der Waals surface area (Å²) in [5.74, 6) is 1.51. The topological polar surface area (TPSA) is 58.6 Å². The number of nitrogens with zero attached hydrogens (tertiary/aromatic N) is 1. The Labute approximate surface area is 126 Å². The molecule has 3 rings (SSSR count). The van der Waals surface area contributed by atoms with Crippen LogP contribution in [0, 0.1) is 0 Å². The van der Waals surface area contributed by atoms with Gasteiger partial charge >= 0.3 is 0 Å². The first-order valence-corrected chi connectivity index (χ1v) is 9.31. The summed E-state index contributed by atoms with van der Waals surface area (Å²) in [6, 6.07) is 8.21. The number of rotatable bonds is 3. The van der Waals surface area contributed by atoms with Crippen molar-refractivity contribution < 1.29 is 13.2 Å². The molecule has 1 atom stereocenters. The quantitative estimate of drug-likeness (QED) is 0.889. The monoisotopic (exact) mass is 310 g/mol. The normalized spacial score (nSPS) is 25.6. The van der Waals surface area contributed by atoms with Gasteiger partial charge in [-0.25, -0.2) is 8.42 Å². The molecule has 1 N–H and O–H groups in total. The van der Waals surface area contributed by atoms with Gasteiger partial charge in [0.15, 0.2) is 9.84 Å². The van der Waals surface area contributed by atoms with Crippen molar-refractivity contribution in [3.8, 4) is 5.75 Å². The number of benzene rings is 1. The summed E-state index contributed by atoms with van der Waals surface area (Å²) in [5, 5.41) is 3.31. The van der Waals surface area contributed by atoms with Crippen LogP contribution in [0.15, 0.2) is 24.3 Å². The van der Waals surface area contributed by atoms with E-state index in [4.69, 9.17) is 4.74 Å². The van der Waals surface area contributed by atoms with Crippen molar-refractivity contribution >= 4 is 9.84 Å². The van der Waals surface area contributed by atoms with Crippen LogP contribution >= 0.6 is 0 Å². The minimum Gasteiger partial charge on any atom is -0.492 e. The molecule has 21 heavy (non-hydrogen) atoms. The van der Waals surface area contributed by atoms with Crippen molar-refractivity contribution in [3.63, 3.8) is 0 Å². The lowest BCUT2D eigenvalue weighted by atomic mass is 10.1. The first-order chi connectivity index (χ1) is 10.1. The van der Waals surface area contributed by atoms with E-state index in [1.54, 1.807) is 0 Å². The van der Waals surface area contributed by atoms with E-state index in [-0.39, 0.29) is 17.5 Å². The van der Waals surface area contributed by atoms with Crippen molar-refractivity contribution in [3.05, 3.63) is 29.8 Å². The van der Waals surface area contributed by atoms with Crippen LogP contribution in [0.1, 0.15) is 12.0 Å². The molecular formula is C15H22N2O3S. The van der Waals surface area contributed by atoms with Crippen molar-refractivity contribution in [1.29, 1.82) is 0 Å². The van der Waals surface area contributed by atoms with Gasteiger partial charge in [-0.2, -0.15) is 0 Å². The third-order valence-corrected chi connectivity index (χ3v) is 5.86.